The van der Waals surface area contributed by atoms with E-state index in [1.807, 2.05) is 0 Å². The van der Waals surface area contributed by atoms with Crippen molar-refractivity contribution < 1.29 is 19.1 Å². The maximum atomic E-state index is 12.5. The van der Waals surface area contributed by atoms with E-state index in [2.05, 4.69) is 0 Å². The SMILES string of the molecule is CC(=O)C1(C(=O)OC(C)(C)C)C(C)=CC(=O)CC1C. The predicted molar refractivity (Wildman–Crippen MR) is 71.5 cm³/mol. The highest BCUT2D eigenvalue weighted by molar-refractivity contribution is 6.09. The second-order valence-corrected chi connectivity index (χ2v) is 6.26. The molecule has 0 heterocycles. The Morgan fingerprint density at radius 2 is 1.89 bits per heavy atom. The lowest BCUT2D eigenvalue weighted by Gasteiger charge is -2.39. The van der Waals surface area contributed by atoms with Gasteiger partial charge in [0.2, 0.25) is 0 Å². The number of Topliss-reactive ketones (excluding diaryl/α,β-unsaturated/α-hetero) is 1. The van der Waals surface area contributed by atoms with Gasteiger partial charge in [0.25, 0.3) is 0 Å². The molecular formula is C15H22O4. The number of hydrogen-bond donors (Lipinski definition) is 0. The van der Waals surface area contributed by atoms with Crippen molar-refractivity contribution in [3.05, 3.63) is 11.6 Å². The van der Waals surface area contributed by atoms with Gasteiger partial charge in [-0.15, -0.1) is 0 Å². The zero-order chi connectivity index (χ0) is 15.0. The van der Waals surface area contributed by atoms with Gasteiger partial charge in [0.1, 0.15) is 11.0 Å². The first-order valence-electron chi connectivity index (χ1n) is 6.48. The molecule has 19 heavy (non-hydrogen) atoms. The van der Waals surface area contributed by atoms with E-state index < -0.39 is 17.0 Å². The minimum Gasteiger partial charge on any atom is -0.459 e. The normalized spacial score (nSPS) is 27.8. The first-order chi connectivity index (χ1) is 8.51. The molecule has 0 aromatic rings. The molecule has 1 aliphatic rings. The molecule has 0 amide bonds. The quantitative estimate of drug-likeness (QED) is 0.569. The number of carbonyl (C=O) groups excluding carboxylic acids is 3. The second kappa shape index (κ2) is 4.91. The Morgan fingerprint density at radius 3 is 2.26 bits per heavy atom. The summed E-state index contributed by atoms with van der Waals surface area (Å²) in [7, 11) is 0. The molecule has 0 aromatic carbocycles. The Kier molecular flexibility index (Phi) is 4.03. The molecule has 0 N–H and O–H groups in total. The van der Waals surface area contributed by atoms with Gasteiger partial charge in [-0.2, -0.15) is 0 Å². The van der Waals surface area contributed by atoms with Gasteiger partial charge in [-0.25, -0.2) is 0 Å². The molecule has 0 aliphatic heterocycles. The van der Waals surface area contributed by atoms with Crippen LogP contribution in [-0.2, 0) is 19.1 Å². The third kappa shape index (κ3) is 2.77. The summed E-state index contributed by atoms with van der Waals surface area (Å²) in [5.74, 6) is -1.25. The fraction of sp³-hybridized carbons (Fsp3) is 0.667. The van der Waals surface area contributed by atoms with Crippen LogP contribution in [0.15, 0.2) is 11.6 Å². The summed E-state index contributed by atoms with van der Waals surface area (Å²) in [6.07, 6.45) is 1.58. The van der Waals surface area contributed by atoms with E-state index >= 15 is 0 Å². The summed E-state index contributed by atoms with van der Waals surface area (Å²) in [5.41, 5.74) is -1.50. The molecule has 4 nitrogen and oxygen atoms in total. The topological polar surface area (TPSA) is 60.4 Å². The highest BCUT2D eigenvalue weighted by Crippen LogP contribution is 2.43. The molecule has 0 saturated heterocycles. The van der Waals surface area contributed by atoms with Gasteiger partial charge < -0.3 is 4.74 Å². The van der Waals surface area contributed by atoms with Crippen LogP contribution in [0, 0.1) is 11.3 Å². The van der Waals surface area contributed by atoms with Crippen LogP contribution in [0.4, 0.5) is 0 Å². The molecule has 2 atom stereocenters. The summed E-state index contributed by atoms with van der Waals surface area (Å²) in [4.78, 5) is 36.2. The first-order valence-corrected chi connectivity index (χ1v) is 6.48. The van der Waals surface area contributed by atoms with Crippen molar-refractivity contribution in [1.29, 1.82) is 0 Å². The number of ether oxygens (including phenoxy) is 1. The van der Waals surface area contributed by atoms with Gasteiger partial charge in [-0.05, 0) is 52.2 Å². The summed E-state index contributed by atoms with van der Waals surface area (Å²) < 4.78 is 5.41. The van der Waals surface area contributed by atoms with Crippen LogP contribution in [-0.4, -0.2) is 23.1 Å². The number of rotatable bonds is 2. The molecule has 4 heteroatoms. The fourth-order valence-electron chi connectivity index (χ4n) is 2.75. The van der Waals surface area contributed by atoms with Crippen LogP contribution < -0.4 is 0 Å². The van der Waals surface area contributed by atoms with Gasteiger partial charge in [-0.1, -0.05) is 6.92 Å². The Bertz CT molecular complexity index is 453. The van der Waals surface area contributed by atoms with Crippen molar-refractivity contribution in [2.24, 2.45) is 11.3 Å². The van der Waals surface area contributed by atoms with Crippen LogP contribution in [0.1, 0.15) is 48.0 Å². The average molecular weight is 266 g/mol. The molecule has 0 spiro atoms. The largest absolute Gasteiger partial charge is 0.459 e. The number of carbonyl (C=O) groups is 3. The monoisotopic (exact) mass is 266 g/mol. The van der Waals surface area contributed by atoms with E-state index in [1.54, 1.807) is 34.6 Å². The first kappa shape index (κ1) is 15.6. The van der Waals surface area contributed by atoms with E-state index in [0.29, 0.717) is 5.57 Å². The summed E-state index contributed by atoms with van der Waals surface area (Å²) in [6.45, 7) is 10.1. The highest BCUT2D eigenvalue weighted by atomic mass is 16.6. The molecule has 0 saturated carbocycles. The molecule has 1 rings (SSSR count). The van der Waals surface area contributed by atoms with Gasteiger partial charge in [-0.3, -0.25) is 14.4 Å². The van der Waals surface area contributed by atoms with Crippen LogP contribution in [0.2, 0.25) is 0 Å². The van der Waals surface area contributed by atoms with E-state index in [0.717, 1.165) is 0 Å². The van der Waals surface area contributed by atoms with Crippen molar-refractivity contribution in [2.45, 2.75) is 53.6 Å². The van der Waals surface area contributed by atoms with Crippen molar-refractivity contribution >= 4 is 17.5 Å². The Morgan fingerprint density at radius 1 is 1.37 bits per heavy atom. The van der Waals surface area contributed by atoms with E-state index in [1.165, 1.54) is 13.0 Å². The zero-order valence-electron chi connectivity index (χ0n) is 12.5. The molecule has 106 valence electrons. The number of hydrogen-bond acceptors (Lipinski definition) is 4. The van der Waals surface area contributed by atoms with Crippen molar-refractivity contribution in [3.63, 3.8) is 0 Å². The molecule has 0 fully saturated rings. The summed E-state index contributed by atoms with van der Waals surface area (Å²) in [6, 6.07) is 0. The Balaban J connectivity index is 3.32. The zero-order valence-corrected chi connectivity index (χ0v) is 12.5. The second-order valence-electron chi connectivity index (χ2n) is 6.26. The number of allylic oxidation sites excluding steroid dienone is 1. The lowest BCUT2D eigenvalue weighted by molar-refractivity contribution is -0.171. The van der Waals surface area contributed by atoms with Crippen LogP contribution in [0.5, 0.6) is 0 Å². The number of ketones is 2. The minimum atomic E-state index is -1.32. The van der Waals surface area contributed by atoms with E-state index in [4.69, 9.17) is 4.74 Å². The maximum absolute atomic E-state index is 12.5. The standard InChI is InChI=1S/C15H22O4/c1-9-7-12(17)8-10(2)15(9,11(3)16)13(18)19-14(4,5)6/h7,10H,8H2,1-6H3. The van der Waals surface area contributed by atoms with Gasteiger partial charge in [0, 0.05) is 6.42 Å². The molecular weight excluding hydrogens is 244 g/mol. The van der Waals surface area contributed by atoms with E-state index in [9.17, 15) is 14.4 Å². The predicted octanol–water partition coefficient (Wildman–Crippen LogP) is 2.46. The fourth-order valence-corrected chi connectivity index (χ4v) is 2.75. The lowest BCUT2D eigenvalue weighted by Crippen LogP contribution is -2.50. The van der Waals surface area contributed by atoms with Crippen LogP contribution >= 0.6 is 0 Å². The molecule has 0 aromatic heterocycles. The molecule has 2 unspecified atom stereocenters. The van der Waals surface area contributed by atoms with Crippen molar-refractivity contribution in [1.82, 2.24) is 0 Å². The van der Waals surface area contributed by atoms with Gasteiger partial charge >= 0.3 is 5.97 Å². The van der Waals surface area contributed by atoms with Gasteiger partial charge in [0.15, 0.2) is 11.6 Å². The Hall–Kier alpha value is -1.45. The Labute approximate surface area is 114 Å². The molecule has 0 bridgehead atoms. The van der Waals surface area contributed by atoms with E-state index in [-0.39, 0.29) is 23.9 Å². The van der Waals surface area contributed by atoms with Crippen LogP contribution in [0.3, 0.4) is 0 Å². The lowest BCUT2D eigenvalue weighted by atomic mass is 9.63. The van der Waals surface area contributed by atoms with Crippen molar-refractivity contribution in [3.8, 4) is 0 Å². The number of esters is 1. The van der Waals surface area contributed by atoms with Gasteiger partial charge in [0.05, 0.1) is 0 Å². The highest BCUT2D eigenvalue weighted by Gasteiger charge is 2.53. The minimum absolute atomic E-state index is 0.0505. The van der Waals surface area contributed by atoms with Crippen LogP contribution in [0.25, 0.3) is 0 Å². The maximum Gasteiger partial charge on any atom is 0.324 e. The smallest absolute Gasteiger partial charge is 0.324 e. The summed E-state index contributed by atoms with van der Waals surface area (Å²) in [5, 5.41) is 0. The molecule has 0 radical (unpaired) electrons. The average Bonchev–Trinajstić information content (AvgIpc) is 2.11. The van der Waals surface area contributed by atoms with Crippen molar-refractivity contribution in [2.75, 3.05) is 0 Å². The third-order valence-electron chi connectivity index (χ3n) is 3.52. The summed E-state index contributed by atoms with van der Waals surface area (Å²) >= 11 is 0. The molecule has 1 aliphatic carbocycles. The third-order valence-corrected chi connectivity index (χ3v) is 3.52.